The molecule has 2 heterocycles. The second-order valence-electron chi connectivity index (χ2n) is 5.96. The number of fused-ring (bicyclic) bond motifs is 2. The Kier molecular flexibility index (Phi) is 5.48. The molecule has 0 aliphatic carbocycles. The average Bonchev–Trinajstić information content (AvgIpc) is 2.68. The zero-order chi connectivity index (χ0) is 12.8. The summed E-state index contributed by atoms with van der Waals surface area (Å²) in [6.45, 7) is 2.81. The van der Waals surface area contributed by atoms with E-state index in [9.17, 15) is 4.79 Å². The van der Waals surface area contributed by atoms with Crippen molar-refractivity contribution in [1.29, 1.82) is 0 Å². The molecular weight excluding hydrogens is 226 g/mol. The number of ether oxygens (including phenoxy) is 1. The molecule has 0 aromatic carbocycles. The Labute approximate surface area is 111 Å². The Morgan fingerprint density at radius 1 is 1.17 bits per heavy atom. The fourth-order valence-electron chi connectivity index (χ4n) is 3.35. The lowest BCUT2D eigenvalue weighted by Gasteiger charge is -2.28. The minimum Gasteiger partial charge on any atom is -0.466 e. The predicted molar refractivity (Wildman–Crippen MR) is 72.4 cm³/mol. The van der Waals surface area contributed by atoms with Crippen molar-refractivity contribution >= 4 is 5.97 Å². The normalized spacial score (nSPS) is 30.4. The molecule has 0 spiro atoms. The molecule has 104 valence electrons. The van der Waals surface area contributed by atoms with E-state index in [-0.39, 0.29) is 5.97 Å². The van der Waals surface area contributed by atoms with Gasteiger partial charge in [0, 0.05) is 18.5 Å². The zero-order valence-corrected chi connectivity index (χ0v) is 11.6. The van der Waals surface area contributed by atoms with Crippen LogP contribution in [-0.2, 0) is 9.53 Å². The highest BCUT2D eigenvalue weighted by atomic mass is 16.5. The first-order valence-electron chi connectivity index (χ1n) is 7.69. The maximum Gasteiger partial charge on any atom is 0.306 e. The molecule has 1 N–H and O–H groups in total. The first kappa shape index (κ1) is 13.9. The van der Waals surface area contributed by atoms with Gasteiger partial charge in [-0.2, -0.15) is 0 Å². The molecule has 18 heavy (non-hydrogen) atoms. The number of hydrogen-bond donors (Lipinski definition) is 1. The molecule has 0 amide bonds. The van der Waals surface area contributed by atoms with Gasteiger partial charge >= 0.3 is 5.97 Å². The number of esters is 1. The maximum atomic E-state index is 11.7. The van der Waals surface area contributed by atoms with Crippen LogP contribution < -0.4 is 5.32 Å². The fraction of sp³-hybridized carbons (Fsp3) is 0.933. The van der Waals surface area contributed by atoms with Crippen molar-refractivity contribution in [2.75, 3.05) is 6.61 Å². The van der Waals surface area contributed by atoms with E-state index < -0.39 is 0 Å². The van der Waals surface area contributed by atoms with Crippen molar-refractivity contribution in [1.82, 2.24) is 5.32 Å². The van der Waals surface area contributed by atoms with E-state index in [4.69, 9.17) is 4.74 Å². The van der Waals surface area contributed by atoms with E-state index in [0.29, 0.717) is 31.0 Å². The summed E-state index contributed by atoms with van der Waals surface area (Å²) in [6.07, 6.45) is 10.3. The van der Waals surface area contributed by atoms with Crippen LogP contribution in [0.15, 0.2) is 0 Å². The molecule has 2 aliphatic rings. The Bertz CT molecular complexity index is 255. The van der Waals surface area contributed by atoms with Crippen LogP contribution in [0, 0.1) is 5.92 Å². The number of nitrogens with one attached hydrogen (secondary N) is 1. The van der Waals surface area contributed by atoms with Crippen LogP contribution in [0.4, 0.5) is 0 Å². The smallest absolute Gasteiger partial charge is 0.306 e. The summed E-state index contributed by atoms with van der Waals surface area (Å²) in [5.74, 6) is 0.588. The van der Waals surface area contributed by atoms with Crippen molar-refractivity contribution in [3.63, 3.8) is 0 Å². The van der Waals surface area contributed by atoms with Crippen molar-refractivity contribution < 1.29 is 9.53 Å². The van der Waals surface area contributed by atoms with E-state index >= 15 is 0 Å². The fourth-order valence-corrected chi connectivity index (χ4v) is 3.35. The first-order chi connectivity index (χ1) is 8.78. The van der Waals surface area contributed by atoms with Gasteiger partial charge in [0.2, 0.25) is 0 Å². The van der Waals surface area contributed by atoms with Crippen LogP contribution in [0.3, 0.4) is 0 Å². The number of carbonyl (C=O) groups excluding carboxylic acids is 1. The van der Waals surface area contributed by atoms with E-state index in [0.717, 1.165) is 6.42 Å². The van der Waals surface area contributed by atoms with Crippen LogP contribution in [-0.4, -0.2) is 24.7 Å². The lowest BCUT2D eigenvalue weighted by atomic mass is 9.90. The second-order valence-corrected chi connectivity index (χ2v) is 5.96. The Balaban J connectivity index is 1.57. The van der Waals surface area contributed by atoms with Crippen molar-refractivity contribution in [3.05, 3.63) is 0 Å². The third kappa shape index (κ3) is 4.27. The number of hydrogen-bond acceptors (Lipinski definition) is 3. The van der Waals surface area contributed by atoms with Gasteiger partial charge in [-0.05, 0) is 38.0 Å². The quantitative estimate of drug-likeness (QED) is 0.560. The third-order valence-electron chi connectivity index (χ3n) is 4.29. The highest BCUT2D eigenvalue weighted by molar-refractivity contribution is 5.69. The lowest BCUT2D eigenvalue weighted by molar-refractivity contribution is -0.145. The molecule has 0 radical (unpaired) electrons. The van der Waals surface area contributed by atoms with Gasteiger partial charge in [0.15, 0.2) is 0 Å². The Morgan fingerprint density at radius 3 is 2.56 bits per heavy atom. The van der Waals surface area contributed by atoms with Gasteiger partial charge in [0.25, 0.3) is 0 Å². The monoisotopic (exact) mass is 253 g/mol. The van der Waals surface area contributed by atoms with Crippen LogP contribution in [0.1, 0.15) is 64.7 Å². The van der Waals surface area contributed by atoms with Crippen molar-refractivity contribution in [2.45, 2.75) is 76.8 Å². The summed E-state index contributed by atoms with van der Waals surface area (Å²) in [5.41, 5.74) is 0. The molecule has 2 bridgehead atoms. The summed E-state index contributed by atoms with van der Waals surface area (Å²) in [7, 11) is 0. The molecule has 2 saturated heterocycles. The molecule has 2 fully saturated rings. The summed E-state index contributed by atoms with van der Waals surface area (Å²) >= 11 is 0. The zero-order valence-electron chi connectivity index (χ0n) is 11.6. The molecule has 0 saturated carbocycles. The lowest BCUT2D eigenvalue weighted by Crippen LogP contribution is -2.38. The number of piperidine rings is 1. The van der Waals surface area contributed by atoms with E-state index in [2.05, 4.69) is 12.2 Å². The molecule has 0 aromatic heterocycles. The predicted octanol–water partition coefficient (Wildman–Crippen LogP) is 3.03. The van der Waals surface area contributed by atoms with Gasteiger partial charge in [-0.3, -0.25) is 4.79 Å². The number of unbranched alkanes of at least 4 members (excludes halogenated alkanes) is 3. The second kappa shape index (κ2) is 7.13. The number of rotatable bonds is 7. The number of carbonyl (C=O) groups is 1. The van der Waals surface area contributed by atoms with Crippen molar-refractivity contribution in [2.24, 2.45) is 5.92 Å². The van der Waals surface area contributed by atoms with Gasteiger partial charge < -0.3 is 10.1 Å². The maximum absolute atomic E-state index is 11.7. The molecular formula is C15H27NO2. The minimum atomic E-state index is 0.0257. The topological polar surface area (TPSA) is 38.3 Å². The summed E-state index contributed by atoms with van der Waals surface area (Å²) < 4.78 is 5.32. The Hall–Kier alpha value is -0.570. The van der Waals surface area contributed by atoms with E-state index in [1.165, 1.54) is 44.9 Å². The summed E-state index contributed by atoms with van der Waals surface area (Å²) in [4.78, 5) is 11.7. The highest BCUT2D eigenvalue weighted by Gasteiger charge is 2.34. The molecule has 2 aliphatic heterocycles. The van der Waals surface area contributed by atoms with Crippen LogP contribution >= 0.6 is 0 Å². The van der Waals surface area contributed by atoms with Crippen molar-refractivity contribution in [3.8, 4) is 0 Å². The molecule has 2 unspecified atom stereocenters. The van der Waals surface area contributed by atoms with Gasteiger partial charge in [0.05, 0.1) is 6.61 Å². The van der Waals surface area contributed by atoms with Gasteiger partial charge in [-0.1, -0.05) is 26.2 Å². The van der Waals surface area contributed by atoms with E-state index in [1.54, 1.807) is 0 Å². The van der Waals surface area contributed by atoms with Crippen LogP contribution in [0.2, 0.25) is 0 Å². The molecule has 3 heteroatoms. The largest absolute Gasteiger partial charge is 0.466 e. The van der Waals surface area contributed by atoms with Crippen LogP contribution in [0.5, 0.6) is 0 Å². The SMILES string of the molecule is CCCCCCOC(=O)CC1CC2CCC(C1)N2. The van der Waals surface area contributed by atoms with Gasteiger partial charge in [0.1, 0.15) is 0 Å². The third-order valence-corrected chi connectivity index (χ3v) is 4.29. The molecule has 3 nitrogen and oxygen atoms in total. The van der Waals surface area contributed by atoms with Gasteiger partial charge in [-0.25, -0.2) is 0 Å². The first-order valence-corrected chi connectivity index (χ1v) is 7.69. The Morgan fingerprint density at radius 2 is 1.89 bits per heavy atom. The summed E-state index contributed by atoms with van der Waals surface area (Å²) in [6, 6.07) is 1.34. The van der Waals surface area contributed by atoms with Gasteiger partial charge in [-0.15, -0.1) is 0 Å². The standard InChI is InChI=1S/C15H27NO2/c1-2-3-4-5-8-18-15(17)11-12-9-13-6-7-14(10-12)16-13/h12-14,16H,2-11H2,1H3. The minimum absolute atomic E-state index is 0.0257. The molecule has 2 rings (SSSR count). The molecule has 2 atom stereocenters. The molecule has 0 aromatic rings. The average molecular weight is 253 g/mol. The van der Waals surface area contributed by atoms with Crippen LogP contribution in [0.25, 0.3) is 0 Å². The summed E-state index contributed by atoms with van der Waals surface area (Å²) in [5, 5.41) is 3.61. The highest BCUT2D eigenvalue weighted by Crippen LogP contribution is 2.32. The van der Waals surface area contributed by atoms with E-state index in [1.807, 2.05) is 0 Å².